The van der Waals surface area contributed by atoms with E-state index >= 15 is 0 Å². The Morgan fingerprint density at radius 2 is 1.50 bits per heavy atom. The standard InChI is InChI=1S/C37H28F6N2O5/c1-45-29-13-6-4-11-27(29)33(46)31(34(45)47)30(20-8-7-9-24(18-20)49-2)32-26(25-10-3-5-12-28(25)44-32)14-15-50-35(48)21-16-22(36(38,39)40)19-23(17-21)37(41,42)43/h3-13,16-19,30,44,46H,14-15H2,1-2H3. The number of carbonyl (C=O) groups is 1. The van der Waals surface area contributed by atoms with E-state index < -0.39 is 53.1 Å². The Morgan fingerprint density at radius 1 is 0.860 bits per heavy atom. The Morgan fingerprint density at radius 3 is 2.16 bits per heavy atom. The third kappa shape index (κ3) is 6.38. The van der Waals surface area contributed by atoms with E-state index in [9.17, 15) is 41.0 Å². The molecule has 258 valence electrons. The maximum absolute atomic E-state index is 14.1. The van der Waals surface area contributed by atoms with Crippen molar-refractivity contribution in [1.29, 1.82) is 0 Å². The number of alkyl halides is 6. The van der Waals surface area contributed by atoms with Crippen molar-refractivity contribution in [3.63, 3.8) is 0 Å². The summed E-state index contributed by atoms with van der Waals surface area (Å²) in [7, 11) is 3.06. The van der Waals surface area contributed by atoms with Crippen LogP contribution >= 0.6 is 0 Å². The Balaban J connectivity index is 1.46. The minimum absolute atomic E-state index is 0.0351. The van der Waals surface area contributed by atoms with Crippen LogP contribution in [0.5, 0.6) is 11.5 Å². The third-order valence-corrected chi connectivity index (χ3v) is 8.57. The molecule has 4 aromatic carbocycles. The highest BCUT2D eigenvalue weighted by atomic mass is 19.4. The summed E-state index contributed by atoms with van der Waals surface area (Å²) in [6, 6.07) is 21.4. The van der Waals surface area contributed by atoms with Gasteiger partial charge in [0, 0.05) is 35.5 Å². The molecule has 2 aromatic heterocycles. The van der Waals surface area contributed by atoms with Gasteiger partial charge in [0.1, 0.15) is 11.5 Å². The minimum Gasteiger partial charge on any atom is -0.507 e. The zero-order chi connectivity index (χ0) is 36.0. The average molecular weight is 695 g/mol. The number of carbonyl (C=O) groups excluding carboxylic acids is 1. The smallest absolute Gasteiger partial charge is 0.416 e. The molecule has 13 heteroatoms. The quantitative estimate of drug-likeness (QED) is 0.123. The van der Waals surface area contributed by atoms with Gasteiger partial charge in [-0.15, -0.1) is 0 Å². The lowest BCUT2D eigenvalue weighted by molar-refractivity contribution is -0.143. The number of nitrogens with one attached hydrogen (secondary N) is 1. The fourth-order valence-corrected chi connectivity index (χ4v) is 6.20. The number of rotatable bonds is 8. The number of pyridine rings is 1. The molecule has 1 unspecified atom stereocenters. The van der Waals surface area contributed by atoms with Crippen molar-refractivity contribution >= 4 is 27.8 Å². The largest absolute Gasteiger partial charge is 0.507 e. The number of aromatic nitrogens is 2. The van der Waals surface area contributed by atoms with Gasteiger partial charge in [0.05, 0.1) is 47.4 Å². The molecule has 2 N–H and O–H groups in total. The molecular weight excluding hydrogens is 666 g/mol. The first kappa shape index (κ1) is 34.2. The fourth-order valence-electron chi connectivity index (χ4n) is 6.20. The van der Waals surface area contributed by atoms with Crippen LogP contribution in [0.15, 0.2) is 95.8 Å². The van der Waals surface area contributed by atoms with Crippen LogP contribution in [0.2, 0.25) is 0 Å². The van der Waals surface area contributed by atoms with Gasteiger partial charge in [-0.2, -0.15) is 26.3 Å². The molecule has 0 bridgehead atoms. The molecule has 0 spiro atoms. The van der Waals surface area contributed by atoms with Crippen molar-refractivity contribution in [3.8, 4) is 11.5 Å². The van der Waals surface area contributed by atoms with Crippen LogP contribution in [0, 0.1) is 0 Å². The summed E-state index contributed by atoms with van der Waals surface area (Å²) < 4.78 is 92.7. The van der Waals surface area contributed by atoms with Gasteiger partial charge in [-0.1, -0.05) is 42.5 Å². The van der Waals surface area contributed by atoms with Crippen LogP contribution in [0.4, 0.5) is 26.3 Å². The lowest BCUT2D eigenvalue weighted by Gasteiger charge is -2.22. The maximum Gasteiger partial charge on any atom is 0.416 e. The summed E-state index contributed by atoms with van der Waals surface area (Å²) in [4.78, 5) is 30.3. The summed E-state index contributed by atoms with van der Waals surface area (Å²) in [6.07, 6.45) is -10.4. The van der Waals surface area contributed by atoms with E-state index in [1.807, 2.05) is 0 Å². The highest BCUT2D eigenvalue weighted by Gasteiger charge is 2.38. The van der Waals surface area contributed by atoms with Crippen molar-refractivity contribution in [2.75, 3.05) is 13.7 Å². The highest BCUT2D eigenvalue weighted by Crippen LogP contribution is 2.42. The van der Waals surface area contributed by atoms with Gasteiger partial charge in [0.15, 0.2) is 0 Å². The summed E-state index contributed by atoms with van der Waals surface area (Å²) in [5.74, 6) is -2.11. The number of para-hydroxylation sites is 2. The summed E-state index contributed by atoms with van der Waals surface area (Å²) in [6.45, 7) is -0.447. The van der Waals surface area contributed by atoms with Crippen molar-refractivity contribution in [2.45, 2.75) is 24.7 Å². The fraction of sp³-hybridized carbons (Fsp3) is 0.189. The number of aromatic amines is 1. The lowest BCUT2D eigenvalue weighted by Crippen LogP contribution is -2.25. The van der Waals surface area contributed by atoms with Crippen LogP contribution in [0.3, 0.4) is 0 Å². The van der Waals surface area contributed by atoms with Crippen LogP contribution < -0.4 is 10.3 Å². The van der Waals surface area contributed by atoms with Gasteiger partial charge >= 0.3 is 18.3 Å². The van der Waals surface area contributed by atoms with Crippen molar-refractivity contribution < 1.29 is 45.7 Å². The molecule has 6 aromatic rings. The number of hydrogen-bond acceptors (Lipinski definition) is 5. The number of aryl methyl sites for hydroxylation is 1. The number of methoxy groups -OCH3 is 1. The molecule has 6 rings (SSSR count). The van der Waals surface area contributed by atoms with E-state index in [0.29, 0.717) is 56.5 Å². The first-order chi connectivity index (χ1) is 23.7. The third-order valence-electron chi connectivity index (χ3n) is 8.57. The van der Waals surface area contributed by atoms with Gasteiger partial charge in [0.25, 0.3) is 5.56 Å². The number of halogens is 6. The molecule has 0 aliphatic heterocycles. The molecule has 0 amide bonds. The number of benzene rings is 4. The predicted octanol–water partition coefficient (Wildman–Crippen LogP) is 8.35. The second kappa shape index (κ2) is 13.0. The highest BCUT2D eigenvalue weighted by molar-refractivity contribution is 5.90. The van der Waals surface area contributed by atoms with Crippen LogP contribution in [0.25, 0.3) is 21.8 Å². The SMILES string of the molecule is COc1cccc(C(c2[nH]c3ccccc3c2CCOC(=O)c2cc(C(F)(F)F)cc(C(F)(F)F)c2)c2c(O)c3ccccc3n(C)c2=O)c1. The van der Waals surface area contributed by atoms with Crippen LogP contribution in [-0.4, -0.2) is 34.3 Å². The van der Waals surface area contributed by atoms with E-state index in [-0.39, 0.29) is 23.8 Å². The number of ether oxygens (including phenoxy) is 2. The summed E-state index contributed by atoms with van der Waals surface area (Å²) in [5.41, 5.74) is -2.00. The molecule has 0 aliphatic rings. The monoisotopic (exact) mass is 694 g/mol. The Bertz CT molecular complexity index is 2270. The number of fused-ring (bicyclic) bond motifs is 2. The Hall–Kier alpha value is -5.72. The van der Waals surface area contributed by atoms with Gasteiger partial charge in [-0.3, -0.25) is 4.79 Å². The topological polar surface area (TPSA) is 93.5 Å². The van der Waals surface area contributed by atoms with Crippen molar-refractivity contribution in [2.24, 2.45) is 7.05 Å². The average Bonchev–Trinajstić information content (AvgIpc) is 3.45. The molecular formula is C37H28F6N2O5. The van der Waals surface area contributed by atoms with Gasteiger partial charge in [-0.25, -0.2) is 4.79 Å². The second-order valence-electron chi connectivity index (χ2n) is 11.6. The lowest BCUT2D eigenvalue weighted by atomic mass is 9.85. The van der Waals surface area contributed by atoms with Crippen LogP contribution in [0.1, 0.15) is 49.8 Å². The molecule has 0 radical (unpaired) electrons. The van der Waals surface area contributed by atoms with Crippen molar-refractivity contribution in [3.05, 3.63) is 140 Å². The molecule has 0 fully saturated rings. The molecule has 0 saturated heterocycles. The number of esters is 1. The van der Waals surface area contributed by atoms with E-state index in [1.54, 1.807) is 79.8 Å². The van der Waals surface area contributed by atoms with Gasteiger partial charge in [0.2, 0.25) is 0 Å². The van der Waals surface area contributed by atoms with E-state index in [1.165, 1.54) is 11.7 Å². The number of aromatic hydroxyl groups is 1. The molecule has 0 saturated carbocycles. The van der Waals surface area contributed by atoms with E-state index in [4.69, 9.17) is 9.47 Å². The zero-order valence-electron chi connectivity index (χ0n) is 26.4. The van der Waals surface area contributed by atoms with Gasteiger partial charge < -0.3 is 24.1 Å². The molecule has 1 atom stereocenters. The first-order valence-corrected chi connectivity index (χ1v) is 15.2. The molecule has 50 heavy (non-hydrogen) atoms. The Kier molecular flexibility index (Phi) is 8.85. The zero-order valence-corrected chi connectivity index (χ0v) is 26.4. The molecule has 0 aliphatic carbocycles. The number of nitrogens with zero attached hydrogens (tertiary/aromatic N) is 1. The molecule has 7 nitrogen and oxygen atoms in total. The minimum atomic E-state index is -5.14. The van der Waals surface area contributed by atoms with E-state index in [2.05, 4.69) is 4.98 Å². The number of H-pyrrole nitrogens is 1. The normalized spacial score (nSPS) is 12.7. The molecule has 2 heterocycles. The maximum atomic E-state index is 14.1. The van der Waals surface area contributed by atoms with Gasteiger partial charge in [-0.05, 0) is 59.7 Å². The summed E-state index contributed by atoms with van der Waals surface area (Å²) in [5, 5.41) is 12.8. The van der Waals surface area contributed by atoms with Crippen LogP contribution in [-0.2, 0) is 30.6 Å². The predicted molar refractivity (Wildman–Crippen MR) is 174 cm³/mol. The summed E-state index contributed by atoms with van der Waals surface area (Å²) >= 11 is 0. The number of hydrogen-bond donors (Lipinski definition) is 2. The first-order valence-electron chi connectivity index (χ1n) is 15.2. The van der Waals surface area contributed by atoms with Crippen molar-refractivity contribution in [1.82, 2.24) is 9.55 Å². The van der Waals surface area contributed by atoms with E-state index in [0.717, 1.165) is 0 Å². The Labute approximate surface area is 280 Å². The second-order valence-corrected chi connectivity index (χ2v) is 11.6.